The zero-order chi connectivity index (χ0) is 14.0. The van der Waals surface area contributed by atoms with E-state index in [9.17, 15) is 9.59 Å². The van der Waals surface area contributed by atoms with Crippen LogP contribution in [0.2, 0.25) is 0 Å². The summed E-state index contributed by atoms with van der Waals surface area (Å²) >= 11 is 0. The lowest BCUT2D eigenvalue weighted by molar-refractivity contribution is 0.0696. The van der Waals surface area contributed by atoms with Crippen LogP contribution in [0.15, 0.2) is 18.2 Å². The van der Waals surface area contributed by atoms with Crippen LogP contribution in [0, 0.1) is 12.3 Å². The van der Waals surface area contributed by atoms with E-state index in [0.29, 0.717) is 17.8 Å². The highest BCUT2D eigenvalue weighted by Gasteiger charge is 2.37. The first-order valence-electron chi connectivity index (χ1n) is 6.28. The summed E-state index contributed by atoms with van der Waals surface area (Å²) in [4.78, 5) is 22.7. The third kappa shape index (κ3) is 3.47. The van der Waals surface area contributed by atoms with E-state index in [1.54, 1.807) is 19.1 Å². The fraction of sp³-hybridized carbons (Fsp3) is 0.429. The average molecular weight is 262 g/mol. The molecule has 1 saturated carbocycles. The van der Waals surface area contributed by atoms with E-state index in [4.69, 9.17) is 5.11 Å². The second-order valence-electron chi connectivity index (χ2n) is 5.45. The Morgan fingerprint density at radius 2 is 2.05 bits per heavy atom. The fourth-order valence-corrected chi connectivity index (χ4v) is 1.79. The van der Waals surface area contributed by atoms with Gasteiger partial charge < -0.3 is 15.7 Å². The Balaban J connectivity index is 1.96. The molecule has 0 heterocycles. The van der Waals surface area contributed by atoms with Crippen molar-refractivity contribution in [3.63, 3.8) is 0 Å². The molecule has 0 unspecified atom stereocenters. The minimum absolute atomic E-state index is 0.201. The lowest BCUT2D eigenvalue weighted by atomic mass is 10.1. The van der Waals surface area contributed by atoms with Gasteiger partial charge in [-0.25, -0.2) is 9.59 Å². The first kappa shape index (κ1) is 13.4. The number of hydrogen-bond acceptors (Lipinski definition) is 2. The van der Waals surface area contributed by atoms with Crippen LogP contribution >= 0.6 is 0 Å². The molecule has 3 N–H and O–H groups in total. The monoisotopic (exact) mass is 262 g/mol. The Bertz CT molecular complexity index is 521. The Kier molecular flexibility index (Phi) is 3.46. The van der Waals surface area contributed by atoms with E-state index in [-0.39, 0.29) is 17.0 Å². The number of anilines is 1. The number of hydrogen-bond donors (Lipinski definition) is 3. The Morgan fingerprint density at radius 3 is 2.63 bits per heavy atom. The molecule has 0 aromatic heterocycles. The molecule has 5 nitrogen and oxygen atoms in total. The lowest BCUT2D eigenvalue weighted by Gasteiger charge is -2.12. The Morgan fingerprint density at radius 1 is 1.37 bits per heavy atom. The van der Waals surface area contributed by atoms with Gasteiger partial charge in [0.05, 0.1) is 5.56 Å². The summed E-state index contributed by atoms with van der Waals surface area (Å²) < 4.78 is 0. The molecule has 1 aromatic rings. The number of amides is 2. The van der Waals surface area contributed by atoms with Crippen molar-refractivity contribution in [3.8, 4) is 0 Å². The topological polar surface area (TPSA) is 78.4 Å². The molecule has 1 fully saturated rings. The van der Waals surface area contributed by atoms with Crippen molar-refractivity contribution in [2.24, 2.45) is 5.41 Å². The number of benzene rings is 1. The molecule has 19 heavy (non-hydrogen) atoms. The highest BCUT2D eigenvalue weighted by atomic mass is 16.4. The molecule has 1 aliphatic rings. The smallest absolute Gasteiger partial charge is 0.336 e. The summed E-state index contributed by atoms with van der Waals surface area (Å²) in [5, 5.41) is 14.5. The van der Waals surface area contributed by atoms with Gasteiger partial charge >= 0.3 is 12.0 Å². The van der Waals surface area contributed by atoms with Gasteiger partial charge in [0.1, 0.15) is 0 Å². The number of aromatic carboxylic acids is 1. The fourth-order valence-electron chi connectivity index (χ4n) is 1.79. The predicted octanol–water partition coefficient (Wildman–Crippen LogP) is 2.61. The van der Waals surface area contributed by atoms with Gasteiger partial charge in [-0.05, 0) is 42.9 Å². The second-order valence-corrected chi connectivity index (χ2v) is 5.45. The molecule has 1 aliphatic carbocycles. The van der Waals surface area contributed by atoms with Crippen molar-refractivity contribution in [1.29, 1.82) is 0 Å². The minimum Gasteiger partial charge on any atom is -0.478 e. The van der Waals surface area contributed by atoms with E-state index in [0.717, 1.165) is 12.8 Å². The van der Waals surface area contributed by atoms with Gasteiger partial charge in [0.25, 0.3) is 0 Å². The number of urea groups is 1. The first-order valence-corrected chi connectivity index (χ1v) is 6.28. The maximum Gasteiger partial charge on any atom is 0.336 e. The summed E-state index contributed by atoms with van der Waals surface area (Å²) in [5.74, 6) is -0.993. The molecule has 0 atom stereocenters. The standard InChI is InChI=1S/C14H18N2O3/c1-9-3-4-10(7-11(9)12(17)18)16-13(19)15-8-14(2)5-6-14/h3-4,7H,5-6,8H2,1-2H3,(H,17,18)(H2,15,16,19). The zero-order valence-electron chi connectivity index (χ0n) is 11.1. The third-order valence-electron chi connectivity index (χ3n) is 3.51. The molecule has 0 aliphatic heterocycles. The molecule has 0 bridgehead atoms. The van der Waals surface area contributed by atoms with Gasteiger partial charge in [0, 0.05) is 12.2 Å². The van der Waals surface area contributed by atoms with Crippen LogP contribution in [0.1, 0.15) is 35.7 Å². The number of carboxylic acids is 1. The van der Waals surface area contributed by atoms with Crippen molar-refractivity contribution in [2.75, 3.05) is 11.9 Å². The second kappa shape index (κ2) is 4.91. The maximum atomic E-state index is 11.7. The largest absolute Gasteiger partial charge is 0.478 e. The van der Waals surface area contributed by atoms with Crippen LogP contribution in [-0.4, -0.2) is 23.7 Å². The van der Waals surface area contributed by atoms with Gasteiger partial charge in [-0.3, -0.25) is 0 Å². The average Bonchev–Trinajstić information content (AvgIpc) is 3.08. The van der Waals surface area contributed by atoms with Crippen LogP contribution in [0.5, 0.6) is 0 Å². The van der Waals surface area contributed by atoms with Crippen LogP contribution in [0.4, 0.5) is 10.5 Å². The Labute approximate surface area is 112 Å². The van der Waals surface area contributed by atoms with Crippen molar-refractivity contribution in [2.45, 2.75) is 26.7 Å². The summed E-state index contributed by atoms with van der Waals surface area (Å²) in [6.07, 6.45) is 2.28. The van der Waals surface area contributed by atoms with Crippen molar-refractivity contribution >= 4 is 17.7 Å². The SMILES string of the molecule is Cc1ccc(NC(=O)NCC2(C)CC2)cc1C(=O)O. The first-order chi connectivity index (χ1) is 8.89. The Hall–Kier alpha value is -2.04. The maximum absolute atomic E-state index is 11.7. The molecule has 2 amide bonds. The zero-order valence-corrected chi connectivity index (χ0v) is 11.1. The van der Waals surface area contributed by atoms with E-state index in [1.165, 1.54) is 6.07 Å². The van der Waals surface area contributed by atoms with E-state index in [2.05, 4.69) is 17.6 Å². The van der Waals surface area contributed by atoms with E-state index < -0.39 is 5.97 Å². The minimum atomic E-state index is -0.993. The molecule has 102 valence electrons. The van der Waals surface area contributed by atoms with Crippen LogP contribution in [-0.2, 0) is 0 Å². The van der Waals surface area contributed by atoms with Gasteiger partial charge in [0.2, 0.25) is 0 Å². The lowest BCUT2D eigenvalue weighted by Crippen LogP contribution is -2.33. The van der Waals surface area contributed by atoms with Gasteiger partial charge in [-0.15, -0.1) is 0 Å². The van der Waals surface area contributed by atoms with Gasteiger partial charge in [0.15, 0.2) is 0 Å². The highest BCUT2D eigenvalue weighted by molar-refractivity contribution is 5.94. The summed E-state index contributed by atoms with van der Waals surface area (Å²) in [7, 11) is 0. The van der Waals surface area contributed by atoms with Crippen LogP contribution in [0.25, 0.3) is 0 Å². The normalized spacial score (nSPS) is 15.7. The molecule has 1 aromatic carbocycles. The quantitative estimate of drug-likeness (QED) is 0.780. The summed E-state index contributed by atoms with van der Waals surface area (Å²) in [5.41, 5.74) is 1.61. The number of carbonyl (C=O) groups is 2. The molecule has 5 heteroatoms. The van der Waals surface area contributed by atoms with Crippen LogP contribution in [0.3, 0.4) is 0 Å². The molecule has 0 spiro atoms. The van der Waals surface area contributed by atoms with E-state index in [1.807, 2.05) is 0 Å². The number of carbonyl (C=O) groups excluding carboxylic acids is 1. The number of carboxylic acid groups (broad SMARTS) is 1. The molecule has 0 saturated heterocycles. The van der Waals surface area contributed by atoms with E-state index >= 15 is 0 Å². The van der Waals surface area contributed by atoms with Gasteiger partial charge in [-0.1, -0.05) is 13.0 Å². The third-order valence-corrected chi connectivity index (χ3v) is 3.51. The number of rotatable bonds is 4. The van der Waals surface area contributed by atoms with Gasteiger partial charge in [-0.2, -0.15) is 0 Å². The molecular formula is C14H18N2O3. The number of aryl methyl sites for hydroxylation is 1. The van der Waals surface area contributed by atoms with Crippen molar-refractivity contribution < 1.29 is 14.7 Å². The highest BCUT2D eigenvalue weighted by Crippen LogP contribution is 2.43. The predicted molar refractivity (Wildman–Crippen MR) is 72.5 cm³/mol. The summed E-state index contributed by atoms with van der Waals surface area (Å²) in [6.45, 7) is 4.50. The molecule has 2 rings (SSSR count). The van der Waals surface area contributed by atoms with Crippen molar-refractivity contribution in [3.05, 3.63) is 29.3 Å². The number of nitrogens with one attached hydrogen (secondary N) is 2. The van der Waals surface area contributed by atoms with Crippen molar-refractivity contribution in [1.82, 2.24) is 5.32 Å². The molecular weight excluding hydrogens is 244 g/mol. The molecule has 0 radical (unpaired) electrons. The summed E-state index contributed by atoms with van der Waals surface area (Å²) in [6, 6.07) is 4.55. The van der Waals surface area contributed by atoms with Crippen LogP contribution < -0.4 is 10.6 Å².